The number of carbonyl (C=O) groups excluding carboxylic acids is 1. The van der Waals surface area contributed by atoms with Crippen molar-refractivity contribution in [2.24, 2.45) is 0 Å². The first-order valence-electron chi connectivity index (χ1n) is 11.8. The summed E-state index contributed by atoms with van der Waals surface area (Å²) < 4.78 is 19.5. The summed E-state index contributed by atoms with van der Waals surface area (Å²) in [5.74, 6) is 0.162. The monoisotopic (exact) mass is 482 g/mol. The third kappa shape index (κ3) is 4.17. The van der Waals surface area contributed by atoms with Gasteiger partial charge in [-0.15, -0.1) is 0 Å². The lowest BCUT2D eigenvalue weighted by molar-refractivity contribution is 0.244. The highest BCUT2D eigenvalue weighted by atomic mass is 19.1. The van der Waals surface area contributed by atoms with Gasteiger partial charge in [-0.3, -0.25) is 4.90 Å². The number of hydrogen-bond donors (Lipinski definition) is 1. The van der Waals surface area contributed by atoms with E-state index in [1.165, 1.54) is 12.1 Å². The van der Waals surface area contributed by atoms with Crippen LogP contribution in [-0.4, -0.2) is 16.2 Å². The molecule has 6 nitrogen and oxygen atoms in total. The van der Waals surface area contributed by atoms with Gasteiger partial charge in [0.2, 0.25) is 5.82 Å². The summed E-state index contributed by atoms with van der Waals surface area (Å²) >= 11 is 0. The Hall–Kier alpha value is -4.26. The molecule has 0 radical (unpaired) electrons. The lowest BCUT2D eigenvalue weighted by Crippen LogP contribution is -2.46. The molecule has 3 aromatic carbocycles. The second-order valence-electron chi connectivity index (χ2n) is 9.26. The quantitative estimate of drug-likeness (QED) is 0.347. The van der Waals surface area contributed by atoms with Gasteiger partial charge in [-0.1, -0.05) is 41.6 Å². The highest BCUT2D eigenvalue weighted by Crippen LogP contribution is 2.39. The van der Waals surface area contributed by atoms with Crippen LogP contribution in [0.1, 0.15) is 46.7 Å². The zero-order valence-corrected chi connectivity index (χ0v) is 20.9. The summed E-state index contributed by atoms with van der Waals surface area (Å²) in [4.78, 5) is 19.7. The maximum atomic E-state index is 13.8. The van der Waals surface area contributed by atoms with Gasteiger partial charge in [-0.25, -0.2) is 9.18 Å². The number of halogens is 1. The minimum absolute atomic E-state index is 0.243. The van der Waals surface area contributed by atoms with Gasteiger partial charge in [0.1, 0.15) is 5.82 Å². The summed E-state index contributed by atoms with van der Waals surface area (Å²) in [5.41, 5.74) is 8.02. The summed E-state index contributed by atoms with van der Waals surface area (Å²) in [6.45, 7) is 10.0. The lowest BCUT2D eigenvalue weighted by atomic mass is 9.92. The number of hydrogen-bond acceptors (Lipinski definition) is 4. The van der Waals surface area contributed by atoms with Gasteiger partial charge in [-0.05, 0) is 86.7 Å². The fourth-order valence-corrected chi connectivity index (χ4v) is 4.47. The fourth-order valence-electron chi connectivity index (χ4n) is 4.47. The number of amides is 2. The Morgan fingerprint density at radius 2 is 1.61 bits per heavy atom. The van der Waals surface area contributed by atoms with Gasteiger partial charge in [0.05, 0.1) is 17.3 Å². The van der Waals surface area contributed by atoms with E-state index in [0.29, 0.717) is 16.8 Å². The average Bonchev–Trinajstić information content (AvgIpc) is 3.32. The molecule has 2 heterocycles. The van der Waals surface area contributed by atoms with Gasteiger partial charge in [-0.2, -0.15) is 4.98 Å². The summed E-state index contributed by atoms with van der Waals surface area (Å²) in [6.07, 6.45) is 0. The van der Waals surface area contributed by atoms with Crippen LogP contribution < -0.4 is 10.2 Å². The molecule has 0 bridgehead atoms. The Bertz CT molecular complexity index is 1520. The van der Waals surface area contributed by atoms with E-state index in [4.69, 9.17) is 4.52 Å². The molecule has 0 aliphatic carbocycles. The number of anilines is 1. The topological polar surface area (TPSA) is 71.3 Å². The van der Waals surface area contributed by atoms with Crippen molar-refractivity contribution in [3.8, 4) is 11.4 Å². The molecule has 1 aliphatic heterocycles. The van der Waals surface area contributed by atoms with Crippen LogP contribution in [0.3, 0.4) is 0 Å². The summed E-state index contributed by atoms with van der Waals surface area (Å²) in [6, 6.07) is 17.3. The van der Waals surface area contributed by atoms with Gasteiger partial charge < -0.3 is 9.84 Å². The average molecular weight is 483 g/mol. The van der Waals surface area contributed by atoms with Crippen LogP contribution in [-0.2, 0) is 0 Å². The van der Waals surface area contributed by atoms with Crippen LogP contribution in [0, 0.1) is 33.5 Å². The fraction of sp³-hybridized carbons (Fsp3) is 0.207. The van der Waals surface area contributed by atoms with Gasteiger partial charge in [0.25, 0.3) is 5.89 Å². The first kappa shape index (κ1) is 23.5. The van der Waals surface area contributed by atoms with Crippen LogP contribution in [0.25, 0.3) is 17.0 Å². The second kappa shape index (κ2) is 9.07. The largest absolute Gasteiger partial charge is 0.334 e. The second-order valence-corrected chi connectivity index (χ2v) is 9.26. The summed E-state index contributed by atoms with van der Waals surface area (Å²) in [5, 5.41) is 7.26. The number of rotatable bonds is 4. The van der Waals surface area contributed by atoms with E-state index in [0.717, 1.165) is 33.5 Å². The minimum atomic E-state index is -0.500. The van der Waals surface area contributed by atoms with E-state index in [1.807, 2.05) is 65.0 Å². The molecule has 0 fully saturated rings. The Morgan fingerprint density at radius 1 is 0.889 bits per heavy atom. The molecule has 1 aromatic heterocycles. The molecule has 182 valence electrons. The Labute approximate surface area is 209 Å². The van der Waals surface area contributed by atoms with E-state index < -0.39 is 6.04 Å². The van der Waals surface area contributed by atoms with Gasteiger partial charge >= 0.3 is 6.03 Å². The number of nitrogens with zero attached hydrogens (tertiary/aromatic N) is 3. The standard InChI is InChI=1S/C29H27FN4O2/c1-16-9-11-21(13-18(16)3)26-25(28-32-27(33-36-28)22-7-6-8-23(30)15-22)20(5)34(29(35)31-26)24-12-10-17(2)19(4)14-24/h6-15,26H,1-5H3,(H,31,35). The number of nitrogens with one attached hydrogen (secondary N) is 1. The molecule has 36 heavy (non-hydrogen) atoms. The number of carbonyl (C=O) groups is 1. The Balaban J connectivity index is 1.68. The smallest absolute Gasteiger partial charge is 0.326 e. The zero-order valence-electron chi connectivity index (χ0n) is 20.9. The van der Waals surface area contributed by atoms with E-state index in [-0.39, 0.29) is 23.6 Å². The SMILES string of the molecule is CC1=C(c2nc(-c3cccc(F)c3)no2)C(c2ccc(C)c(C)c2)NC(=O)N1c1ccc(C)c(C)c1. The number of urea groups is 1. The third-order valence-corrected chi connectivity index (χ3v) is 6.84. The Kier molecular flexibility index (Phi) is 5.92. The predicted octanol–water partition coefficient (Wildman–Crippen LogP) is 6.81. The molecule has 0 saturated carbocycles. The first-order chi connectivity index (χ1) is 17.2. The van der Waals surface area contributed by atoms with Crippen molar-refractivity contribution in [1.82, 2.24) is 15.5 Å². The van der Waals surface area contributed by atoms with Gasteiger partial charge in [0, 0.05) is 11.3 Å². The van der Waals surface area contributed by atoms with Crippen LogP contribution in [0.2, 0.25) is 0 Å². The molecule has 7 heteroatoms. The molecule has 1 unspecified atom stereocenters. The van der Waals surface area contributed by atoms with Gasteiger partial charge in [0.15, 0.2) is 0 Å². The number of benzene rings is 3. The third-order valence-electron chi connectivity index (χ3n) is 6.84. The zero-order chi connectivity index (χ0) is 25.6. The van der Waals surface area contributed by atoms with Crippen LogP contribution in [0.15, 0.2) is 70.9 Å². The van der Waals surface area contributed by atoms with Crippen molar-refractivity contribution in [2.45, 2.75) is 40.7 Å². The van der Waals surface area contributed by atoms with E-state index in [1.54, 1.807) is 17.0 Å². The molecule has 0 saturated heterocycles. The van der Waals surface area contributed by atoms with Crippen molar-refractivity contribution >= 4 is 17.3 Å². The molecular formula is C29H27FN4O2. The normalized spacial score (nSPS) is 15.9. The maximum Gasteiger partial charge on any atom is 0.326 e. The first-order valence-corrected chi connectivity index (χ1v) is 11.8. The number of aryl methyl sites for hydroxylation is 4. The van der Waals surface area contributed by atoms with Crippen molar-refractivity contribution in [2.75, 3.05) is 4.90 Å². The van der Waals surface area contributed by atoms with Crippen LogP contribution >= 0.6 is 0 Å². The molecule has 1 aliphatic rings. The molecular weight excluding hydrogens is 455 g/mol. The van der Waals surface area contributed by atoms with E-state index in [2.05, 4.69) is 21.5 Å². The van der Waals surface area contributed by atoms with Crippen LogP contribution in [0.5, 0.6) is 0 Å². The van der Waals surface area contributed by atoms with Crippen molar-refractivity contribution in [1.29, 1.82) is 0 Å². The van der Waals surface area contributed by atoms with Crippen LogP contribution in [0.4, 0.5) is 14.9 Å². The Morgan fingerprint density at radius 3 is 2.31 bits per heavy atom. The van der Waals surface area contributed by atoms with Crippen molar-refractivity contribution < 1.29 is 13.7 Å². The molecule has 1 atom stereocenters. The molecule has 0 spiro atoms. The predicted molar refractivity (Wildman–Crippen MR) is 138 cm³/mol. The maximum absolute atomic E-state index is 13.8. The van der Waals surface area contributed by atoms with Crippen molar-refractivity contribution in [3.05, 3.63) is 106 Å². The number of aromatic nitrogens is 2. The highest BCUT2D eigenvalue weighted by molar-refractivity contribution is 6.01. The minimum Gasteiger partial charge on any atom is -0.334 e. The molecule has 2 amide bonds. The highest BCUT2D eigenvalue weighted by Gasteiger charge is 2.36. The molecule has 5 rings (SSSR count). The number of allylic oxidation sites excluding steroid dienone is 1. The molecule has 1 N–H and O–H groups in total. The summed E-state index contributed by atoms with van der Waals surface area (Å²) in [7, 11) is 0. The lowest BCUT2D eigenvalue weighted by Gasteiger charge is -2.35. The van der Waals surface area contributed by atoms with E-state index in [9.17, 15) is 9.18 Å². The van der Waals surface area contributed by atoms with Crippen molar-refractivity contribution in [3.63, 3.8) is 0 Å². The van der Waals surface area contributed by atoms with E-state index >= 15 is 0 Å². The molecule has 4 aromatic rings.